The number of nitrogens with one attached hydrogen (secondary N) is 1. The van der Waals surface area contributed by atoms with Crippen LogP contribution in [0.2, 0.25) is 5.02 Å². The third-order valence-electron chi connectivity index (χ3n) is 2.29. The number of benzene rings is 1. The molecule has 0 unspecified atom stereocenters. The fraction of sp³-hybridized carbons (Fsp3) is 0.0833. The smallest absolute Gasteiger partial charge is 0.267 e. The summed E-state index contributed by atoms with van der Waals surface area (Å²) in [5, 5.41) is 0.217. The molecule has 0 fully saturated rings. The highest BCUT2D eigenvalue weighted by Gasteiger charge is 2.21. The largest absolute Gasteiger partial charge is 0.480 e. The van der Waals surface area contributed by atoms with Gasteiger partial charge in [0.1, 0.15) is 0 Å². The van der Waals surface area contributed by atoms with Crippen molar-refractivity contribution in [3.8, 4) is 5.88 Å². The van der Waals surface area contributed by atoms with Crippen molar-refractivity contribution in [2.24, 2.45) is 0 Å². The summed E-state index contributed by atoms with van der Waals surface area (Å²) >= 11 is 5.77. The Labute approximate surface area is 116 Å². The number of hydrogen-bond donors (Lipinski definition) is 1. The lowest BCUT2D eigenvalue weighted by Crippen LogP contribution is -2.14. The Morgan fingerprint density at radius 3 is 2.58 bits per heavy atom. The van der Waals surface area contributed by atoms with Crippen LogP contribution >= 0.6 is 11.6 Å². The average Bonchev–Trinajstić information content (AvgIpc) is 2.39. The summed E-state index contributed by atoms with van der Waals surface area (Å²) in [6.45, 7) is 0. The SMILES string of the molecule is COc1ncc(Cl)cc1S(=O)(=O)Nc1ccccc1. The van der Waals surface area contributed by atoms with Gasteiger partial charge in [0.25, 0.3) is 10.0 Å². The van der Waals surface area contributed by atoms with E-state index in [4.69, 9.17) is 16.3 Å². The van der Waals surface area contributed by atoms with Gasteiger partial charge < -0.3 is 4.74 Å². The number of rotatable bonds is 4. The van der Waals surface area contributed by atoms with Crippen LogP contribution in [0.3, 0.4) is 0 Å². The summed E-state index contributed by atoms with van der Waals surface area (Å²) in [7, 11) is -2.46. The van der Waals surface area contributed by atoms with E-state index in [9.17, 15) is 8.42 Å². The van der Waals surface area contributed by atoms with E-state index in [1.807, 2.05) is 0 Å². The minimum atomic E-state index is -3.80. The standard InChI is InChI=1S/C12H11ClN2O3S/c1-18-12-11(7-9(13)8-14-12)19(16,17)15-10-5-3-2-4-6-10/h2-8,15H,1H3. The molecule has 1 aromatic carbocycles. The molecule has 0 amide bonds. The minimum Gasteiger partial charge on any atom is -0.480 e. The first-order valence-corrected chi connectivity index (χ1v) is 7.16. The maximum atomic E-state index is 12.2. The Hall–Kier alpha value is -1.79. The van der Waals surface area contributed by atoms with Gasteiger partial charge in [-0.1, -0.05) is 29.8 Å². The number of halogens is 1. The third kappa shape index (κ3) is 3.15. The lowest BCUT2D eigenvalue weighted by molar-refractivity contribution is 0.385. The first kappa shape index (κ1) is 13.6. The second-order valence-corrected chi connectivity index (χ2v) is 5.72. The molecule has 1 aromatic heterocycles. The van der Waals surface area contributed by atoms with E-state index < -0.39 is 10.0 Å². The van der Waals surface area contributed by atoms with Gasteiger partial charge in [0.15, 0.2) is 4.90 Å². The summed E-state index contributed by atoms with van der Waals surface area (Å²) < 4.78 is 31.9. The van der Waals surface area contributed by atoms with Crippen molar-refractivity contribution in [2.45, 2.75) is 4.90 Å². The molecule has 0 bridgehead atoms. The van der Waals surface area contributed by atoms with Crippen LogP contribution in [-0.2, 0) is 10.0 Å². The Bertz CT molecular complexity index is 675. The molecule has 100 valence electrons. The van der Waals surface area contributed by atoms with Gasteiger partial charge in [-0.05, 0) is 18.2 Å². The molecule has 0 spiro atoms. The number of hydrogen-bond acceptors (Lipinski definition) is 4. The van der Waals surface area contributed by atoms with Gasteiger partial charge in [-0.15, -0.1) is 0 Å². The van der Waals surface area contributed by atoms with Crippen molar-refractivity contribution in [1.82, 2.24) is 4.98 Å². The van der Waals surface area contributed by atoms with Gasteiger partial charge in [0, 0.05) is 11.9 Å². The highest BCUT2D eigenvalue weighted by molar-refractivity contribution is 7.92. The van der Waals surface area contributed by atoms with Crippen molar-refractivity contribution in [3.63, 3.8) is 0 Å². The van der Waals surface area contributed by atoms with Gasteiger partial charge in [-0.3, -0.25) is 4.72 Å². The minimum absolute atomic E-state index is 0.00664. The molecular weight excluding hydrogens is 288 g/mol. The van der Waals surface area contributed by atoms with E-state index in [1.54, 1.807) is 30.3 Å². The molecule has 0 atom stereocenters. The van der Waals surface area contributed by atoms with Gasteiger partial charge in [-0.25, -0.2) is 13.4 Å². The summed E-state index contributed by atoms with van der Waals surface area (Å²) in [4.78, 5) is 3.73. The lowest BCUT2D eigenvalue weighted by atomic mass is 10.3. The fourth-order valence-corrected chi connectivity index (χ4v) is 2.90. The lowest BCUT2D eigenvalue weighted by Gasteiger charge is -2.10. The molecule has 0 radical (unpaired) electrons. The second kappa shape index (κ2) is 5.46. The summed E-state index contributed by atoms with van der Waals surface area (Å²) in [5.41, 5.74) is 0.449. The molecule has 0 aliphatic carbocycles. The van der Waals surface area contributed by atoms with Crippen molar-refractivity contribution in [2.75, 3.05) is 11.8 Å². The maximum absolute atomic E-state index is 12.2. The van der Waals surface area contributed by atoms with E-state index in [0.717, 1.165) is 0 Å². The Morgan fingerprint density at radius 2 is 1.95 bits per heavy atom. The first-order valence-electron chi connectivity index (χ1n) is 5.30. The molecule has 0 aliphatic rings. The number of anilines is 1. The van der Waals surface area contributed by atoms with Crippen LogP contribution in [0.4, 0.5) is 5.69 Å². The fourth-order valence-electron chi connectivity index (χ4n) is 1.47. The van der Waals surface area contributed by atoms with E-state index in [2.05, 4.69) is 9.71 Å². The molecule has 1 heterocycles. The molecule has 7 heteroatoms. The van der Waals surface area contributed by atoms with E-state index in [-0.39, 0.29) is 15.8 Å². The molecule has 0 aliphatic heterocycles. The van der Waals surface area contributed by atoms with E-state index >= 15 is 0 Å². The number of methoxy groups -OCH3 is 1. The topological polar surface area (TPSA) is 68.3 Å². The Balaban J connectivity index is 2.42. The molecular formula is C12H11ClN2O3S. The van der Waals surface area contributed by atoms with Crippen LogP contribution < -0.4 is 9.46 Å². The van der Waals surface area contributed by atoms with Crippen LogP contribution in [0, 0.1) is 0 Å². The second-order valence-electron chi connectivity index (χ2n) is 3.63. The summed E-state index contributed by atoms with van der Waals surface area (Å²) in [5.74, 6) is -0.00664. The van der Waals surface area contributed by atoms with Crippen LogP contribution in [0.5, 0.6) is 5.88 Å². The van der Waals surface area contributed by atoms with Crippen molar-refractivity contribution in [3.05, 3.63) is 47.6 Å². The zero-order valence-electron chi connectivity index (χ0n) is 10.00. The molecule has 2 aromatic rings. The third-order valence-corrected chi connectivity index (χ3v) is 3.88. The zero-order chi connectivity index (χ0) is 13.9. The van der Waals surface area contributed by atoms with Crippen molar-refractivity contribution < 1.29 is 13.2 Å². The van der Waals surface area contributed by atoms with Crippen LogP contribution in [-0.4, -0.2) is 20.5 Å². The number of sulfonamides is 1. The van der Waals surface area contributed by atoms with Crippen LogP contribution in [0.15, 0.2) is 47.5 Å². The molecule has 1 N–H and O–H groups in total. The van der Waals surface area contributed by atoms with E-state index in [1.165, 1.54) is 19.4 Å². The Morgan fingerprint density at radius 1 is 1.26 bits per heavy atom. The Kier molecular flexibility index (Phi) is 3.92. The number of nitrogens with zero attached hydrogens (tertiary/aromatic N) is 1. The molecule has 0 saturated carbocycles. The van der Waals surface area contributed by atoms with Crippen molar-refractivity contribution >= 4 is 27.3 Å². The number of pyridine rings is 1. The molecule has 19 heavy (non-hydrogen) atoms. The van der Waals surface area contributed by atoms with Crippen molar-refractivity contribution in [1.29, 1.82) is 0 Å². The highest BCUT2D eigenvalue weighted by Crippen LogP contribution is 2.26. The molecule has 2 rings (SSSR count). The quantitative estimate of drug-likeness (QED) is 0.942. The van der Waals surface area contributed by atoms with Crippen LogP contribution in [0.25, 0.3) is 0 Å². The van der Waals surface area contributed by atoms with Crippen LogP contribution in [0.1, 0.15) is 0 Å². The predicted octanol–water partition coefficient (Wildman–Crippen LogP) is 2.54. The maximum Gasteiger partial charge on any atom is 0.267 e. The van der Waals surface area contributed by atoms with Gasteiger partial charge in [0.05, 0.1) is 12.1 Å². The molecule has 0 saturated heterocycles. The predicted molar refractivity (Wildman–Crippen MR) is 73.0 cm³/mol. The number of para-hydroxylation sites is 1. The van der Waals surface area contributed by atoms with Gasteiger partial charge >= 0.3 is 0 Å². The van der Waals surface area contributed by atoms with E-state index in [0.29, 0.717) is 5.69 Å². The monoisotopic (exact) mass is 298 g/mol. The normalized spacial score (nSPS) is 11.1. The number of aromatic nitrogens is 1. The average molecular weight is 299 g/mol. The summed E-state index contributed by atoms with van der Waals surface area (Å²) in [6.07, 6.45) is 1.32. The van der Waals surface area contributed by atoms with Gasteiger partial charge in [-0.2, -0.15) is 0 Å². The highest BCUT2D eigenvalue weighted by atomic mass is 35.5. The first-order chi connectivity index (χ1) is 9.03. The van der Waals surface area contributed by atoms with Gasteiger partial charge in [0.2, 0.25) is 5.88 Å². The zero-order valence-corrected chi connectivity index (χ0v) is 11.6. The summed E-state index contributed by atoms with van der Waals surface area (Å²) in [6, 6.07) is 9.82. The molecule has 5 nitrogen and oxygen atoms in total. The number of ether oxygens (including phenoxy) is 1.